The number of carbonyl (C=O) groups is 1. The van der Waals surface area contributed by atoms with Gasteiger partial charge in [0.15, 0.2) is 15.6 Å². The van der Waals surface area contributed by atoms with Gasteiger partial charge in [0.2, 0.25) is 0 Å². The molecular weight excluding hydrogens is 498 g/mol. The maximum absolute atomic E-state index is 13.5. The summed E-state index contributed by atoms with van der Waals surface area (Å²) in [6.07, 6.45) is 7.42. The molecule has 1 amide bonds. The number of amides is 1. The van der Waals surface area contributed by atoms with E-state index in [9.17, 15) is 4.79 Å². The Morgan fingerprint density at radius 3 is 2.72 bits per heavy atom. The van der Waals surface area contributed by atoms with Crippen LogP contribution in [0.25, 0.3) is 33.0 Å². The first-order valence-electron chi connectivity index (χ1n) is 11.3. The van der Waals surface area contributed by atoms with Crippen LogP contribution in [0.2, 0.25) is 5.02 Å². The fraction of sp³-hybridized carbons (Fsp3) is 0.200. The van der Waals surface area contributed by atoms with Crippen molar-refractivity contribution in [3.63, 3.8) is 0 Å². The number of ether oxygens (including phenoxy) is 1. The summed E-state index contributed by atoms with van der Waals surface area (Å²) in [6.45, 7) is 0. The van der Waals surface area contributed by atoms with E-state index in [1.54, 1.807) is 36.2 Å². The van der Waals surface area contributed by atoms with E-state index >= 15 is 0 Å². The number of halogens is 1. The van der Waals surface area contributed by atoms with E-state index in [1.807, 2.05) is 25.4 Å². The Kier molecular flexibility index (Phi) is 5.62. The van der Waals surface area contributed by atoms with Gasteiger partial charge in [0.05, 0.1) is 30.3 Å². The number of benzene rings is 1. The quantitative estimate of drug-likeness (QED) is 0.324. The van der Waals surface area contributed by atoms with Gasteiger partial charge in [-0.15, -0.1) is 0 Å². The molecule has 0 atom stereocenters. The normalized spacial score (nSPS) is 13.2. The summed E-state index contributed by atoms with van der Waals surface area (Å²) in [4.78, 5) is 32.3. The van der Waals surface area contributed by atoms with Gasteiger partial charge in [0.25, 0.3) is 5.91 Å². The van der Waals surface area contributed by atoms with Gasteiger partial charge in [-0.1, -0.05) is 22.9 Å². The third kappa shape index (κ3) is 4.29. The monoisotopic (exact) mass is 517 g/mol. The topological polar surface area (TPSA) is 108 Å². The van der Waals surface area contributed by atoms with Crippen LogP contribution in [-0.4, -0.2) is 42.7 Å². The molecule has 0 bridgehead atoms. The van der Waals surface area contributed by atoms with Crippen molar-refractivity contribution in [2.24, 2.45) is 7.05 Å². The molecule has 9 nitrogen and oxygen atoms in total. The maximum Gasteiger partial charge on any atom is 0.259 e. The number of nitrogens with zero attached hydrogens (tertiary/aromatic N) is 6. The molecule has 0 aliphatic heterocycles. The number of methoxy groups -OCH3 is 1. The van der Waals surface area contributed by atoms with Crippen LogP contribution in [0.4, 0.5) is 5.13 Å². The third-order valence-corrected chi connectivity index (χ3v) is 7.02. The smallest absolute Gasteiger partial charge is 0.259 e. The molecule has 1 aliphatic rings. The Labute approximate surface area is 215 Å². The van der Waals surface area contributed by atoms with E-state index < -0.39 is 0 Å². The first-order chi connectivity index (χ1) is 17.5. The summed E-state index contributed by atoms with van der Waals surface area (Å²) in [6, 6.07) is 8.94. The highest BCUT2D eigenvalue weighted by Crippen LogP contribution is 2.40. The average molecular weight is 518 g/mol. The van der Waals surface area contributed by atoms with Crippen molar-refractivity contribution in [2.45, 2.75) is 18.8 Å². The number of hydrogen-bond donors (Lipinski definition) is 1. The average Bonchev–Trinajstić information content (AvgIpc) is 3.52. The standard InChI is InChI=1S/C25H20ClN7O2S/c1-33-8-7-18(32-33)19-10-15(16-9-14(26)5-6-21(16)35-2)17(11-27-19)23(34)31-25-30-22-24(36-25)29-20(12-28-22)13-3-4-13/h5-13H,3-4H2,1-2H3,(H,28,30,31,34). The predicted octanol–water partition coefficient (Wildman–Crippen LogP) is 5.34. The highest BCUT2D eigenvalue weighted by Gasteiger charge is 2.26. The summed E-state index contributed by atoms with van der Waals surface area (Å²) >= 11 is 7.62. The molecule has 1 fully saturated rings. The van der Waals surface area contributed by atoms with Crippen LogP contribution < -0.4 is 10.1 Å². The third-order valence-electron chi connectivity index (χ3n) is 5.93. The molecule has 0 radical (unpaired) electrons. The van der Waals surface area contributed by atoms with Gasteiger partial charge in [-0.3, -0.25) is 19.8 Å². The molecule has 0 spiro atoms. The summed E-state index contributed by atoms with van der Waals surface area (Å²) in [5.41, 5.74) is 4.40. The Morgan fingerprint density at radius 2 is 1.97 bits per heavy atom. The number of fused-ring (bicyclic) bond motifs is 1. The first-order valence-corrected chi connectivity index (χ1v) is 12.5. The van der Waals surface area contributed by atoms with E-state index in [2.05, 4.69) is 30.4 Å². The molecule has 1 aliphatic carbocycles. The molecule has 1 saturated carbocycles. The van der Waals surface area contributed by atoms with Gasteiger partial charge in [0, 0.05) is 41.5 Å². The van der Waals surface area contributed by atoms with Gasteiger partial charge in [-0.25, -0.2) is 9.97 Å². The van der Waals surface area contributed by atoms with Crippen LogP contribution in [0.3, 0.4) is 0 Å². The van der Waals surface area contributed by atoms with E-state index in [0.717, 1.165) is 18.5 Å². The van der Waals surface area contributed by atoms with Crippen molar-refractivity contribution in [3.05, 3.63) is 65.2 Å². The summed E-state index contributed by atoms with van der Waals surface area (Å²) in [5, 5.41) is 8.27. The molecule has 0 saturated heterocycles. The van der Waals surface area contributed by atoms with Crippen molar-refractivity contribution in [3.8, 4) is 28.3 Å². The largest absolute Gasteiger partial charge is 0.496 e. The van der Waals surface area contributed by atoms with Crippen LogP contribution in [0.5, 0.6) is 5.75 Å². The minimum absolute atomic E-state index is 0.342. The highest BCUT2D eigenvalue weighted by atomic mass is 35.5. The lowest BCUT2D eigenvalue weighted by Crippen LogP contribution is -2.14. The number of thiazole rings is 1. The zero-order valence-corrected chi connectivity index (χ0v) is 21.0. The van der Waals surface area contributed by atoms with Crippen molar-refractivity contribution >= 4 is 44.5 Å². The Balaban J connectivity index is 1.40. The van der Waals surface area contributed by atoms with Crippen LogP contribution in [-0.2, 0) is 7.05 Å². The number of pyridine rings is 1. The summed E-state index contributed by atoms with van der Waals surface area (Å²) < 4.78 is 7.27. The molecular formula is C25H20ClN7O2S. The van der Waals surface area contributed by atoms with Gasteiger partial charge in [0.1, 0.15) is 11.4 Å². The second-order valence-corrected chi connectivity index (χ2v) is 9.92. The van der Waals surface area contributed by atoms with Gasteiger partial charge in [-0.05, 0) is 43.2 Å². The lowest BCUT2D eigenvalue weighted by Gasteiger charge is -2.14. The summed E-state index contributed by atoms with van der Waals surface area (Å²) in [5.74, 6) is 0.696. The summed E-state index contributed by atoms with van der Waals surface area (Å²) in [7, 11) is 3.41. The van der Waals surface area contributed by atoms with Crippen LogP contribution in [0.15, 0.2) is 48.9 Å². The zero-order valence-electron chi connectivity index (χ0n) is 19.4. The van der Waals surface area contributed by atoms with Crippen molar-refractivity contribution in [1.82, 2.24) is 29.7 Å². The van der Waals surface area contributed by atoms with Gasteiger partial charge < -0.3 is 4.74 Å². The van der Waals surface area contributed by atoms with Crippen molar-refractivity contribution in [2.75, 3.05) is 12.4 Å². The molecule has 4 aromatic heterocycles. The number of nitrogens with one attached hydrogen (secondary N) is 1. The molecule has 1 aromatic carbocycles. The van der Waals surface area contributed by atoms with Crippen LogP contribution in [0.1, 0.15) is 34.8 Å². The molecule has 4 heterocycles. The fourth-order valence-electron chi connectivity index (χ4n) is 3.97. The lowest BCUT2D eigenvalue weighted by molar-refractivity contribution is 0.102. The Morgan fingerprint density at radius 1 is 1.11 bits per heavy atom. The predicted molar refractivity (Wildman–Crippen MR) is 139 cm³/mol. The van der Waals surface area contributed by atoms with Crippen molar-refractivity contribution in [1.29, 1.82) is 0 Å². The molecule has 11 heteroatoms. The van der Waals surface area contributed by atoms with Crippen LogP contribution >= 0.6 is 22.9 Å². The molecule has 0 unspecified atom stereocenters. The fourth-order valence-corrected chi connectivity index (χ4v) is 4.94. The second-order valence-electron chi connectivity index (χ2n) is 8.51. The molecule has 5 aromatic rings. The zero-order chi connectivity index (χ0) is 24.8. The SMILES string of the molecule is COc1ccc(Cl)cc1-c1cc(-c2ccn(C)n2)ncc1C(=O)Nc1nc2ncc(C3CC3)nc2s1. The Hall–Kier alpha value is -3.89. The van der Waals surface area contributed by atoms with Gasteiger partial charge >= 0.3 is 0 Å². The van der Waals surface area contributed by atoms with Crippen molar-refractivity contribution < 1.29 is 9.53 Å². The number of aromatic nitrogens is 6. The second kappa shape index (κ2) is 8.96. The van der Waals surface area contributed by atoms with E-state index in [1.165, 1.54) is 17.5 Å². The molecule has 1 N–H and O–H groups in total. The Bertz CT molecular complexity index is 1630. The van der Waals surface area contributed by atoms with E-state index in [0.29, 0.717) is 60.4 Å². The lowest BCUT2D eigenvalue weighted by atomic mass is 9.98. The van der Waals surface area contributed by atoms with E-state index in [-0.39, 0.29) is 5.91 Å². The van der Waals surface area contributed by atoms with E-state index in [4.69, 9.17) is 16.3 Å². The number of anilines is 1. The van der Waals surface area contributed by atoms with Gasteiger partial charge in [-0.2, -0.15) is 10.1 Å². The number of aryl methyl sites for hydroxylation is 1. The van der Waals surface area contributed by atoms with Crippen LogP contribution in [0, 0.1) is 0 Å². The molecule has 180 valence electrons. The number of hydrogen-bond acceptors (Lipinski definition) is 8. The highest BCUT2D eigenvalue weighted by molar-refractivity contribution is 7.21. The minimum atomic E-state index is -0.367. The first kappa shape index (κ1) is 22.6. The maximum atomic E-state index is 13.5. The minimum Gasteiger partial charge on any atom is -0.496 e. The molecule has 36 heavy (non-hydrogen) atoms. The molecule has 6 rings (SSSR count). The number of carbonyl (C=O) groups excluding carboxylic acids is 1. The number of rotatable bonds is 6.